The monoisotopic (exact) mass is 584 g/mol. The van der Waals surface area contributed by atoms with Crippen molar-refractivity contribution in [3.63, 3.8) is 0 Å². The number of morpholine rings is 1. The number of amides is 1. The lowest BCUT2D eigenvalue weighted by Crippen LogP contribution is -2.36. The van der Waals surface area contributed by atoms with E-state index in [1.165, 1.54) is 0 Å². The van der Waals surface area contributed by atoms with Crippen LogP contribution in [0.5, 0.6) is 5.75 Å². The number of ether oxygens (including phenoxy) is 2. The molecular weight excluding hydrogens is 552 g/mol. The molecule has 3 aromatic carbocycles. The molecule has 0 spiro atoms. The Morgan fingerprint density at radius 1 is 1.02 bits per heavy atom. The molecule has 3 N–H and O–H groups in total. The molecule has 0 radical (unpaired) electrons. The number of nitrogens with zero attached hydrogens (tertiary/aromatic N) is 3. The highest BCUT2D eigenvalue weighted by molar-refractivity contribution is 5.97. The standard InChI is InChI=1S/C32H32N4O7/c33-18-21-3-9-26(10-4-21)42-30(31(40)35-32-34-27-16-24(19-37)25(20-38)17-29(27)43-32)23-7-5-22(6-8-23)28(39)2-1-11-36-12-14-41-15-13-36/h3-10,16-17,30,37-38H,1-2,11-15,19-20H2,(H,34,35,40). The minimum atomic E-state index is -1.14. The molecule has 0 saturated carbocycles. The zero-order valence-electron chi connectivity index (χ0n) is 23.5. The predicted octanol–water partition coefficient (Wildman–Crippen LogP) is 3.74. The Kier molecular flexibility index (Phi) is 9.76. The molecule has 43 heavy (non-hydrogen) atoms. The molecule has 1 aliphatic rings. The van der Waals surface area contributed by atoms with Gasteiger partial charge in [-0.1, -0.05) is 24.3 Å². The summed E-state index contributed by atoms with van der Waals surface area (Å²) in [4.78, 5) is 33.0. The Balaban J connectivity index is 1.32. The van der Waals surface area contributed by atoms with Gasteiger partial charge in [-0.15, -0.1) is 0 Å². The van der Waals surface area contributed by atoms with Crippen LogP contribution >= 0.6 is 0 Å². The van der Waals surface area contributed by atoms with E-state index >= 15 is 0 Å². The Morgan fingerprint density at radius 3 is 2.40 bits per heavy atom. The van der Waals surface area contributed by atoms with Crippen LogP contribution in [-0.2, 0) is 22.7 Å². The van der Waals surface area contributed by atoms with Gasteiger partial charge in [0.1, 0.15) is 11.3 Å². The molecule has 2 heterocycles. The van der Waals surface area contributed by atoms with Crippen molar-refractivity contribution in [3.05, 3.63) is 88.5 Å². The van der Waals surface area contributed by atoms with E-state index in [-0.39, 0.29) is 25.0 Å². The van der Waals surface area contributed by atoms with Gasteiger partial charge in [0.05, 0.1) is 38.1 Å². The number of rotatable bonds is 12. The van der Waals surface area contributed by atoms with E-state index in [9.17, 15) is 19.8 Å². The second-order valence-electron chi connectivity index (χ2n) is 10.1. The highest BCUT2D eigenvalue weighted by Crippen LogP contribution is 2.27. The molecule has 1 saturated heterocycles. The van der Waals surface area contributed by atoms with Crippen molar-refractivity contribution in [1.29, 1.82) is 5.26 Å². The van der Waals surface area contributed by atoms with Crippen molar-refractivity contribution < 1.29 is 33.7 Å². The summed E-state index contributed by atoms with van der Waals surface area (Å²) in [5, 5.41) is 30.9. The summed E-state index contributed by atoms with van der Waals surface area (Å²) in [5.41, 5.74) is 3.20. The molecule has 1 aromatic heterocycles. The fraction of sp³-hybridized carbons (Fsp3) is 0.312. The van der Waals surface area contributed by atoms with Crippen LogP contribution in [0.2, 0.25) is 0 Å². The van der Waals surface area contributed by atoms with Gasteiger partial charge in [0.25, 0.3) is 5.91 Å². The highest BCUT2D eigenvalue weighted by atomic mass is 16.5. The largest absolute Gasteiger partial charge is 0.476 e. The van der Waals surface area contributed by atoms with Gasteiger partial charge in [0, 0.05) is 30.6 Å². The first-order valence-corrected chi connectivity index (χ1v) is 14.0. The van der Waals surface area contributed by atoms with E-state index in [0.717, 1.165) is 39.3 Å². The lowest BCUT2D eigenvalue weighted by Gasteiger charge is -2.26. The van der Waals surface area contributed by atoms with Crippen molar-refractivity contribution >= 4 is 28.8 Å². The van der Waals surface area contributed by atoms with Crippen LogP contribution in [0, 0.1) is 11.3 Å². The van der Waals surface area contributed by atoms with Crippen LogP contribution in [0.15, 0.2) is 65.1 Å². The number of hydrogen-bond acceptors (Lipinski definition) is 10. The number of Topliss-reactive ketones (excluding diaryl/α,β-unsaturated/α-hetero) is 1. The molecule has 4 aromatic rings. The van der Waals surface area contributed by atoms with Crippen molar-refractivity contribution in [2.75, 3.05) is 38.2 Å². The van der Waals surface area contributed by atoms with Gasteiger partial charge in [0.2, 0.25) is 6.10 Å². The zero-order valence-corrected chi connectivity index (χ0v) is 23.5. The maximum atomic E-state index is 13.5. The number of fused-ring (bicyclic) bond motifs is 1. The summed E-state index contributed by atoms with van der Waals surface area (Å²) < 4.78 is 17.1. The van der Waals surface area contributed by atoms with Crippen LogP contribution in [-0.4, -0.2) is 64.6 Å². The maximum Gasteiger partial charge on any atom is 0.302 e. The Morgan fingerprint density at radius 2 is 1.72 bits per heavy atom. The number of aliphatic hydroxyl groups excluding tert-OH is 2. The highest BCUT2D eigenvalue weighted by Gasteiger charge is 2.25. The van der Waals surface area contributed by atoms with Gasteiger partial charge < -0.3 is 24.1 Å². The molecular formula is C32H32N4O7. The van der Waals surface area contributed by atoms with E-state index in [1.807, 2.05) is 6.07 Å². The first-order valence-electron chi connectivity index (χ1n) is 14.0. The first-order chi connectivity index (χ1) is 21.0. The third-order valence-corrected chi connectivity index (χ3v) is 7.27. The third kappa shape index (κ3) is 7.43. The average Bonchev–Trinajstić information content (AvgIpc) is 3.44. The van der Waals surface area contributed by atoms with E-state index in [2.05, 4.69) is 15.2 Å². The number of hydrogen-bond donors (Lipinski definition) is 3. The number of ketones is 1. The van der Waals surface area contributed by atoms with Crippen molar-refractivity contribution in [2.45, 2.75) is 32.2 Å². The summed E-state index contributed by atoms with van der Waals surface area (Å²) in [7, 11) is 0. The Bertz CT molecular complexity index is 1560. The van der Waals surface area contributed by atoms with E-state index in [0.29, 0.717) is 51.1 Å². The van der Waals surface area contributed by atoms with Crippen LogP contribution < -0.4 is 10.1 Å². The number of nitriles is 1. The Labute approximate surface area is 248 Å². The molecule has 1 amide bonds. The summed E-state index contributed by atoms with van der Waals surface area (Å²) >= 11 is 0. The lowest BCUT2D eigenvalue weighted by atomic mass is 10.0. The van der Waals surface area contributed by atoms with Crippen LogP contribution in [0.25, 0.3) is 11.1 Å². The van der Waals surface area contributed by atoms with Gasteiger partial charge in [-0.25, -0.2) is 0 Å². The first kappa shape index (κ1) is 29.9. The topological polar surface area (TPSA) is 158 Å². The van der Waals surface area contributed by atoms with Gasteiger partial charge >= 0.3 is 6.01 Å². The predicted molar refractivity (Wildman–Crippen MR) is 156 cm³/mol. The third-order valence-electron chi connectivity index (χ3n) is 7.27. The number of anilines is 1. The number of aliphatic hydroxyl groups is 2. The fourth-order valence-corrected chi connectivity index (χ4v) is 4.87. The summed E-state index contributed by atoms with van der Waals surface area (Å²) in [6, 6.07) is 18.2. The van der Waals surface area contributed by atoms with E-state index in [4.69, 9.17) is 19.2 Å². The number of carbonyl (C=O) groups is 2. The number of oxazole rings is 1. The lowest BCUT2D eigenvalue weighted by molar-refractivity contribution is -0.123. The maximum absolute atomic E-state index is 13.5. The molecule has 0 bridgehead atoms. The molecule has 222 valence electrons. The molecule has 1 aliphatic heterocycles. The molecule has 11 nitrogen and oxygen atoms in total. The van der Waals surface area contributed by atoms with Gasteiger partial charge in [0.15, 0.2) is 11.4 Å². The summed E-state index contributed by atoms with van der Waals surface area (Å²) in [5.74, 6) is -0.199. The second kappa shape index (κ2) is 14.0. The van der Waals surface area contributed by atoms with Crippen LogP contribution in [0.3, 0.4) is 0 Å². The normalized spacial score (nSPS) is 14.3. The minimum absolute atomic E-state index is 0.0183. The molecule has 11 heteroatoms. The van der Waals surface area contributed by atoms with E-state index < -0.39 is 12.0 Å². The van der Waals surface area contributed by atoms with Gasteiger partial charge in [-0.05, 0) is 60.5 Å². The smallest absolute Gasteiger partial charge is 0.302 e. The van der Waals surface area contributed by atoms with Gasteiger partial charge in [-0.2, -0.15) is 10.2 Å². The number of aromatic nitrogens is 1. The van der Waals surface area contributed by atoms with Crippen molar-refractivity contribution in [3.8, 4) is 11.8 Å². The molecule has 5 rings (SSSR count). The quantitative estimate of drug-likeness (QED) is 0.210. The minimum Gasteiger partial charge on any atom is -0.476 e. The molecule has 0 aliphatic carbocycles. The van der Waals surface area contributed by atoms with Crippen LogP contribution in [0.4, 0.5) is 6.01 Å². The summed E-state index contributed by atoms with van der Waals surface area (Å²) in [6.45, 7) is 3.46. The number of nitrogens with one attached hydrogen (secondary N) is 1. The van der Waals surface area contributed by atoms with Crippen molar-refractivity contribution in [2.24, 2.45) is 0 Å². The van der Waals surface area contributed by atoms with E-state index in [1.54, 1.807) is 60.7 Å². The van der Waals surface area contributed by atoms with Gasteiger partial charge in [-0.3, -0.25) is 19.8 Å². The number of benzene rings is 3. The molecule has 1 atom stereocenters. The Hall–Kier alpha value is -4.60. The second-order valence-corrected chi connectivity index (χ2v) is 10.1. The zero-order chi connectivity index (χ0) is 30.2. The molecule has 1 unspecified atom stereocenters. The molecule has 1 fully saturated rings. The fourth-order valence-electron chi connectivity index (χ4n) is 4.87. The SMILES string of the molecule is N#Cc1ccc(OC(C(=O)Nc2nc3cc(CO)c(CO)cc3o2)c2ccc(C(=O)CCCN3CCOCC3)cc2)cc1. The van der Waals surface area contributed by atoms with Crippen LogP contribution in [0.1, 0.15) is 51.6 Å². The van der Waals surface area contributed by atoms with Crippen molar-refractivity contribution in [1.82, 2.24) is 9.88 Å². The number of carbonyl (C=O) groups excluding carboxylic acids is 2. The average molecular weight is 585 g/mol. The summed E-state index contributed by atoms with van der Waals surface area (Å²) in [6.07, 6.45) is 0.0163.